The van der Waals surface area contributed by atoms with Gasteiger partial charge in [0.2, 0.25) is 5.91 Å². The van der Waals surface area contributed by atoms with E-state index in [2.05, 4.69) is 15.6 Å². The van der Waals surface area contributed by atoms with Crippen LogP contribution in [-0.4, -0.2) is 62.5 Å². The van der Waals surface area contributed by atoms with Crippen LogP contribution in [0.4, 0.5) is 18.9 Å². The molecule has 0 spiro atoms. The molecule has 35 heavy (non-hydrogen) atoms. The maximum atomic E-state index is 15.2. The standard InChI is InChI=1S/C25H34F3N5O2/c1-4-22(20-13-33(15(2)34)7-5-23(20)31-17-6-8-35-14-17)32-24-10-19(25(27)28)18(9-21(24)26)16(11-29)12-30-3/h9-12,17,22,25,31-32H,4-8,13-14,29H2,1-3H3. The van der Waals surface area contributed by atoms with Crippen molar-refractivity contribution in [2.45, 2.75) is 51.6 Å². The predicted molar refractivity (Wildman–Crippen MR) is 132 cm³/mol. The summed E-state index contributed by atoms with van der Waals surface area (Å²) in [6.45, 7) is 5.70. The first-order valence-corrected chi connectivity index (χ1v) is 11.8. The molecule has 0 saturated carbocycles. The summed E-state index contributed by atoms with van der Waals surface area (Å²) in [7, 11) is 1.48. The van der Waals surface area contributed by atoms with Crippen molar-refractivity contribution in [1.82, 2.24) is 10.2 Å². The highest BCUT2D eigenvalue weighted by molar-refractivity contribution is 6.10. The fourth-order valence-electron chi connectivity index (χ4n) is 4.53. The van der Waals surface area contributed by atoms with Crippen molar-refractivity contribution in [1.29, 1.82) is 0 Å². The Hall–Kier alpha value is -3.01. The van der Waals surface area contributed by atoms with E-state index >= 15 is 4.39 Å². The molecule has 1 fully saturated rings. The van der Waals surface area contributed by atoms with Gasteiger partial charge < -0.3 is 26.0 Å². The summed E-state index contributed by atoms with van der Waals surface area (Å²) in [5.74, 6) is -0.722. The van der Waals surface area contributed by atoms with Gasteiger partial charge in [0.1, 0.15) is 5.82 Å². The number of alkyl halides is 2. The molecule has 1 aromatic rings. The second kappa shape index (κ2) is 12.1. The summed E-state index contributed by atoms with van der Waals surface area (Å²) in [5.41, 5.74) is 7.32. The van der Waals surface area contributed by atoms with Gasteiger partial charge in [-0.25, -0.2) is 13.2 Å². The number of nitrogens with zero attached hydrogens (tertiary/aromatic N) is 2. The van der Waals surface area contributed by atoms with Crippen molar-refractivity contribution >= 4 is 23.4 Å². The zero-order valence-corrected chi connectivity index (χ0v) is 20.4. The van der Waals surface area contributed by atoms with Gasteiger partial charge >= 0.3 is 0 Å². The number of benzene rings is 1. The molecule has 2 aliphatic rings. The smallest absolute Gasteiger partial charge is 0.264 e. The SMILES string of the molecule is CCC(Nc1cc(C(F)F)c(C(C=NC)=CN)cc1F)C1=C(NC2CCOC2)CCN(C(C)=O)C1. The molecule has 2 heterocycles. The van der Waals surface area contributed by atoms with Crippen LogP contribution in [0.25, 0.3) is 5.57 Å². The molecule has 0 aromatic heterocycles. The number of rotatable bonds is 9. The second-order valence-corrected chi connectivity index (χ2v) is 8.73. The van der Waals surface area contributed by atoms with E-state index in [4.69, 9.17) is 10.5 Å². The van der Waals surface area contributed by atoms with Gasteiger partial charge in [-0.15, -0.1) is 0 Å². The fourth-order valence-corrected chi connectivity index (χ4v) is 4.53. The molecule has 10 heteroatoms. The summed E-state index contributed by atoms with van der Waals surface area (Å²) >= 11 is 0. The zero-order valence-electron chi connectivity index (χ0n) is 20.4. The van der Waals surface area contributed by atoms with E-state index in [-0.39, 0.29) is 40.4 Å². The number of carbonyl (C=O) groups excluding carboxylic acids is 1. The van der Waals surface area contributed by atoms with Gasteiger partial charge in [-0.3, -0.25) is 9.79 Å². The third-order valence-corrected chi connectivity index (χ3v) is 6.43. The van der Waals surface area contributed by atoms with Gasteiger partial charge in [0, 0.05) is 69.3 Å². The molecule has 2 unspecified atom stereocenters. The number of halogens is 3. The van der Waals surface area contributed by atoms with Crippen molar-refractivity contribution in [3.05, 3.63) is 46.5 Å². The number of nitrogens with one attached hydrogen (secondary N) is 2. The first-order valence-electron chi connectivity index (χ1n) is 11.8. The molecule has 1 saturated heterocycles. The zero-order chi connectivity index (χ0) is 25.5. The van der Waals surface area contributed by atoms with Crippen molar-refractivity contribution < 1.29 is 22.7 Å². The quantitative estimate of drug-likeness (QED) is 0.455. The van der Waals surface area contributed by atoms with Crippen LogP contribution in [0, 0.1) is 5.82 Å². The minimum Gasteiger partial charge on any atom is -0.404 e. The van der Waals surface area contributed by atoms with Gasteiger partial charge in [0.15, 0.2) is 0 Å². The molecular weight excluding hydrogens is 459 g/mol. The Morgan fingerprint density at radius 2 is 2.17 bits per heavy atom. The van der Waals surface area contributed by atoms with Crippen molar-refractivity contribution in [2.24, 2.45) is 10.7 Å². The van der Waals surface area contributed by atoms with Gasteiger partial charge in [0.25, 0.3) is 6.43 Å². The molecule has 1 amide bonds. The Bertz CT molecular complexity index is 1000. The highest BCUT2D eigenvalue weighted by Gasteiger charge is 2.29. The lowest BCUT2D eigenvalue weighted by atomic mass is 9.94. The first-order chi connectivity index (χ1) is 16.8. The molecule has 192 valence electrons. The third-order valence-electron chi connectivity index (χ3n) is 6.43. The van der Waals surface area contributed by atoms with Crippen LogP contribution in [-0.2, 0) is 9.53 Å². The Morgan fingerprint density at radius 1 is 1.40 bits per heavy atom. The number of anilines is 1. The number of nitrogens with two attached hydrogens (primary N) is 1. The number of aliphatic imine (C=N–C) groups is 1. The molecule has 4 N–H and O–H groups in total. The largest absolute Gasteiger partial charge is 0.404 e. The summed E-state index contributed by atoms with van der Waals surface area (Å²) in [6, 6.07) is 2.00. The van der Waals surface area contributed by atoms with Gasteiger partial charge in [0.05, 0.1) is 24.4 Å². The number of amides is 1. The average Bonchev–Trinajstić information content (AvgIpc) is 3.35. The number of hydrogen-bond donors (Lipinski definition) is 3. The van der Waals surface area contributed by atoms with Crippen molar-refractivity contribution in [3.63, 3.8) is 0 Å². The van der Waals surface area contributed by atoms with E-state index in [1.165, 1.54) is 20.2 Å². The van der Waals surface area contributed by atoms with Crippen LogP contribution in [0.15, 0.2) is 34.6 Å². The lowest BCUT2D eigenvalue weighted by Crippen LogP contribution is -2.44. The third kappa shape index (κ3) is 6.36. The van der Waals surface area contributed by atoms with Gasteiger partial charge in [-0.05, 0) is 36.1 Å². The molecule has 1 aromatic carbocycles. The van der Waals surface area contributed by atoms with E-state index in [0.717, 1.165) is 36.0 Å². The summed E-state index contributed by atoms with van der Waals surface area (Å²) in [4.78, 5) is 17.7. The van der Waals surface area contributed by atoms with Gasteiger partial charge in [-0.2, -0.15) is 0 Å². The maximum Gasteiger partial charge on any atom is 0.264 e. The lowest BCUT2D eigenvalue weighted by Gasteiger charge is -2.36. The van der Waals surface area contributed by atoms with E-state index < -0.39 is 12.2 Å². The van der Waals surface area contributed by atoms with Crippen LogP contribution in [0.1, 0.15) is 50.7 Å². The normalized spacial score (nSPS) is 20.1. The summed E-state index contributed by atoms with van der Waals surface area (Å²) < 4.78 is 48.5. The minimum absolute atomic E-state index is 0.00701. The Morgan fingerprint density at radius 3 is 2.74 bits per heavy atom. The monoisotopic (exact) mass is 493 g/mol. The molecule has 2 aliphatic heterocycles. The molecule has 0 radical (unpaired) electrons. The van der Waals surface area contributed by atoms with Crippen LogP contribution >= 0.6 is 0 Å². The molecule has 3 rings (SSSR count). The number of allylic oxidation sites excluding steroid dienone is 1. The van der Waals surface area contributed by atoms with Crippen LogP contribution in [0.2, 0.25) is 0 Å². The van der Waals surface area contributed by atoms with Crippen LogP contribution < -0.4 is 16.4 Å². The number of ether oxygens (including phenoxy) is 1. The predicted octanol–water partition coefficient (Wildman–Crippen LogP) is 3.84. The molecule has 0 aliphatic carbocycles. The average molecular weight is 494 g/mol. The van der Waals surface area contributed by atoms with E-state index in [0.29, 0.717) is 39.1 Å². The molecule has 2 atom stereocenters. The van der Waals surface area contributed by atoms with Crippen LogP contribution in [0.5, 0.6) is 0 Å². The van der Waals surface area contributed by atoms with Crippen molar-refractivity contribution in [3.8, 4) is 0 Å². The number of hydrogen-bond acceptors (Lipinski definition) is 6. The van der Waals surface area contributed by atoms with E-state index in [1.807, 2.05) is 6.92 Å². The Kier molecular flexibility index (Phi) is 9.20. The van der Waals surface area contributed by atoms with E-state index in [1.54, 1.807) is 4.90 Å². The maximum absolute atomic E-state index is 15.2. The topological polar surface area (TPSA) is 92.0 Å². The van der Waals surface area contributed by atoms with Crippen LogP contribution in [0.3, 0.4) is 0 Å². The highest BCUT2D eigenvalue weighted by atomic mass is 19.3. The number of carbonyl (C=O) groups is 1. The van der Waals surface area contributed by atoms with E-state index in [9.17, 15) is 13.6 Å². The molecule has 7 nitrogen and oxygen atoms in total. The Labute approximate surface area is 204 Å². The summed E-state index contributed by atoms with van der Waals surface area (Å²) in [5, 5.41) is 6.68. The molecule has 0 bridgehead atoms. The van der Waals surface area contributed by atoms with Crippen molar-refractivity contribution in [2.75, 3.05) is 38.7 Å². The Balaban J connectivity index is 1.98. The fraction of sp³-hybridized carbons (Fsp3) is 0.520. The highest BCUT2D eigenvalue weighted by Crippen LogP contribution is 2.33. The summed E-state index contributed by atoms with van der Waals surface area (Å²) in [6.07, 6.45) is 1.68. The second-order valence-electron chi connectivity index (χ2n) is 8.73. The molecular formula is C25H34F3N5O2. The first kappa shape index (κ1) is 26.6. The van der Waals surface area contributed by atoms with Gasteiger partial charge in [-0.1, -0.05) is 6.92 Å². The minimum atomic E-state index is -2.84. The lowest BCUT2D eigenvalue weighted by molar-refractivity contribution is -0.128.